The molecule has 2 rings (SSSR count). The van der Waals surface area contributed by atoms with Crippen LogP contribution in [0.3, 0.4) is 0 Å². The van der Waals surface area contributed by atoms with E-state index in [-0.39, 0.29) is 6.04 Å². The predicted octanol–water partition coefficient (Wildman–Crippen LogP) is 2.83. The van der Waals surface area contributed by atoms with Gasteiger partial charge in [-0.1, -0.05) is 12.8 Å². The zero-order valence-electron chi connectivity index (χ0n) is 16.7. The molecule has 2 aliphatic heterocycles. The average Bonchev–Trinajstić information content (AvgIpc) is 3.04. The fourth-order valence-corrected chi connectivity index (χ4v) is 3.86. The summed E-state index contributed by atoms with van der Waals surface area (Å²) in [6.07, 6.45) is 4.08. The van der Waals surface area contributed by atoms with E-state index in [1.165, 1.54) is 56.6 Å². The summed E-state index contributed by atoms with van der Waals surface area (Å²) in [7, 11) is 0. The van der Waals surface area contributed by atoms with Crippen molar-refractivity contribution in [3.8, 4) is 0 Å². The fourth-order valence-electron chi connectivity index (χ4n) is 3.86. The minimum atomic E-state index is -4.12. The van der Waals surface area contributed by atoms with Crippen molar-refractivity contribution in [1.82, 2.24) is 20.4 Å². The number of halogens is 3. The van der Waals surface area contributed by atoms with Crippen LogP contribution < -0.4 is 10.6 Å². The van der Waals surface area contributed by atoms with E-state index < -0.39 is 12.7 Å². The van der Waals surface area contributed by atoms with Crippen molar-refractivity contribution >= 4 is 5.96 Å². The number of nitrogens with one attached hydrogen (secondary N) is 2. The van der Waals surface area contributed by atoms with Gasteiger partial charge in [0.1, 0.15) is 0 Å². The molecule has 0 aromatic rings. The Kier molecular flexibility index (Phi) is 9.68. The van der Waals surface area contributed by atoms with Gasteiger partial charge >= 0.3 is 6.18 Å². The summed E-state index contributed by atoms with van der Waals surface area (Å²) in [6.45, 7) is 7.27. The van der Waals surface area contributed by atoms with Crippen molar-refractivity contribution in [2.24, 2.45) is 4.99 Å². The molecule has 0 amide bonds. The number of hydrogen-bond acceptors (Lipinski definition) is 3. The standard InChI is InChI=1S/C19H36F3N5/c1-2-23-18(25-17-9-14-27(15-17)16-19(20,21)22)24-10-5-3-6-11-26-12-7-4-8-13-26/h17H,2-16H2,1H3,(H2,23,24,25). The number of nitrogens with zero attached hydrogens (tertiary/aromatic N) is 3. The molecular formula is C19H36F3N5. The lowest BCUT2D eigenvalue weighted by Gasteiger charge is -2.26. The second-order valence-corrected chi connectivity index (χ2v) is 7.70. The van der Waals surface area contributed by atoms with Gasteiger partial charge in [0.15, 0.2) is 5.96 Å². The van der Waals surface area contributed by atoms with Crippen LogP contribution in [0.5, 0.6) is 0 Å². The maximum atomic E-state index is 12.5. The molecule has 5 nitrogen and oxygen atoms in total. The highest BCUT2D eigenvalue weighted by Gasteiger charge is 2.34. The van der Waals surface area contributed by atoms with Crippen molar-refractivity contribution in [3.63, 3.8) is 0 Å². The van der Waals surface area contributed by atoms with E-state index >= 15 is 0 Å². The number of likely N-dealkylation sites (tertiary alicyclic amines) is 2. The van der Waals surface area contributed by atoms with Crippen molar-refractivity contribution in [3.05, 3.63) is 0 Å². The Morgan fingerprint density at radius 3 is 2.52 bits per heavy atom. The minimum absolute atomic E-state index is 0.0317. The molecule has 0 radical (unpaired) electrons. The Hall–Kier alpha value is -1.02. The summed E-state index contributed by atoms with van der Waals surface area (Å²) in [6, 6.07) is 0.0317. The quantitative estimate of drug-likeness (QED) is 0.360. The van der Waals surface area contributed by atoms with E-state index in [9.17, 15) is 13.2 Å². The van der Waals surface area contributed by atoms with Crippen LogP contribution in [0.4, 0.5) is 13.2 Å². The molecule has 2 aliphatic rings. The van der Waals surface area contributed by atoms with E-state index in [2.05, 4.69) is 20.5 Å². The summed E-state index contributed by atoms with van der Waals surface area (Å²) in [5.41, 5.74) is 0. The van der Waals surface area contributed by atoms with Crippen LogP contribution >= 0.6 is 0 Å². The van der Waals surface area contributed by atoms with Gasteiger partial charge in [0.2, 0.25) is 0 Å². The van der Waals surface area contributed by atoms with E-state index in [1.807, 2.05) is 6.92 Å². The number of unbranched alkanes of at least 4 members (excludes halogenated alkanes) is 2. The Morgan fingerprint density at radius 2 is 1.81 bits per heavy atom. The first-order valence-corrected chi connectivity index (χ1v) is 10.5. The number of alkyl halides is 3. The molecule has 0 aromatic carbocycles. The summed E-state index contributed by atoms with van der Waals surface area (Å²) in [5.74, 6) is 0.729. The summed E-state index contributed by atoms with van der Waals surface area (Å²) in [4.78, 5) is 8.62. The van der Waals surface area contributed by atoms with E-state index in [1.54, 1.807) is 0 Å². The Bertz CT molecular complexity index is 436. The van der Waals surface area contributed by atoms with Crippen LogP contribution in [-0.4, -0.2) is 80.3 Å². The summed E-state index contributed by atoms with van der Waals surface area (Å²) in [5, 5.41) is 6.50. The van der Waals surface area contributed by atoms with Crippen LogP contribution in [0.1, 0.15) is 51.9 Å². The third kappa shape index (κ3) is 9.65. The molecule has 0 spiro atoms. The van der Waals surface area contributed by atoms with Gasteiger partial charge < -0.3 is 15.5 Å². The number of rotatable bonds is 9. The molecule has 2 fully saturated rings. The highest BCUT2D eigenvalue weighted by molar-refractivity contribution is 5.80. The normalized spacial score (nSPS) is 23.0. The van der Waals surface area contributed by atoms with Crippen molar-refractivity contribution < 1.29 is 13.2 Å². The van der Waals surface area contributed by atoms with Gasteiger partial charge in [0.25, 0.3) is 0 Å². The lowest BCUT2D eigenvalue weighted by atomic mass is 10.1. The van der Waals surface area contributed by atoms with Crippen LogP contribution in [0.25, 0.3) is 0 Å². The second-order valence-electron chi connectivity index (χ2n) is 7.70. The molecular weight excluding hydrogens is 355 g/mol. The molecule has 0 saturated carbocycles. The lowest BCUT2D eigenvalue weighted by Crippen LogP contribution is -2.45. The lowest BCUT2D eigenvalue weighted by molar-refractivity contribution is -0.143. The first kappa shape index (κ1) is 22.3. The highest BCUT2D eigenvalue weighted by Crippen LogP contribution is 2.19. The van der Waals surface area contributed by atoms with E-state index in [0.717, 1.165) is 31.9 Å². The topological polar surface area (TPSA) is 42.9 Å². The first-order chi connectivity index (χ1) is 13.0. The SMILES string of the molecule is CCNC(=NCCCCCN1CCCCC1)NC1CCN(CC(F)(F)F)C1. The van der Waals surface area contributed by atoms with Gasteiger partial charge in [-0.15, -0.1) is 0 Å². The van der Waals surface area contributed by atoms with Crippen molar-refractivity contribution in [2.75, 3.05) is 52.4 Å². The molecule has 27 heavy (non-hydrogen) atoms. The van der Waals surface area contributed by atoms with Crippen LogP contribution in [0, 0.1) is 0 Å². The predicted molar refractivity (Wildman–Crippen MR) is 104 cm³/mol. The number of guanidine groups is 1. The zero-order valence-corrected chi connectivity index (χ0v) is 16.7. The third-order valence-corrected chi connectivity index (χ3v) is 5.21. The summed E-state index contributed by atoms with van der Waals surface area (Å²) < 4.78 is 37.5. The largest absolute Gasteiger partial charge is 0.401 e. The molecule has 2 heterocycles. The molecule has 2 N–H and O–H groups in total. The number of hydrogen-bond donors (Lipinski definition) is 2. The van der Waals surface area contributed by atoms with Gasteiger partial charge in [-0.05, 0) is 58.7 Å². The number of aliphatic imine (C=N–C) groups is 1. The molecule has 8 heteroatoms. The van der Waals surface area contributed by atoms with Gasteiger partial charge in [-0.3, -0.25) is 9.89 Å². The average molecular weight is 392 g/mol. The van der Waals surface area contributed by atoms with Gasteiger partial charge in [-0.2, -0.15) is 13.2 Å². The molecule has 2 saturated heterocycles. The number of piperidine rings is 1. The second kappa shape index (κ2) is 11.7. The third-order valence-electron chi connectivity index (χ3n) is 5.21. The van der Waals surface area contributed by atoms with Crippen molar-refractivity contribution in [2.45, 2.75) is 64.1 Å². The summed E-state index contributed by atoms with van der Waals surface area (Å²) >= 11 is 0. The molecule has 158 valence electrons. The van der Waals surface area contributed by atoms with Crippen LogP contribution in [0.15, 0.2) is 4.99 Å². The zero-order chi connectivity index (χ0) is 19.5. The monoisotopic (exact) mass is 391 g/mol. The fraction of sp³-hybridized carbons (Fsp3) is 0.947. The molecule has 1 atom stereocenters. The van der Waals surface area contributed by atoms with E-state index in [4.69, 9.17) is 0 Å². The Labute approximate surface area is 161 Å². The highest BCUT2D eigenvalue weighted by atomic mass is 19.4. The van der Waals surface area contributed by atoms with Gasteiger partial charge in [0.05, 0.1) is 6.54 Å². The Morgan fingerprint density at radius 1 is 1.04 bits per heavy atom. The van der Waals surface area contributed by atoms with Crippen LogP contribution in [0.2, 0.25) is 0 Å². The maximum Gasteiger partial charge on any atom is 0.401 e. The van der Waals surface area contributed by atoms with Gasteiger partial charge in [-0.25, -0.2) is 0 Å². The van der Waals surface area contributed by atoms with Crippen molar-refractivity contribution in [1.29, 1.82) is 0 Å². The van der Waals surface area contributed by atoms with Gasteiger partial charge in [0, 0.05) is 32.2 Å². The Balaban J connectivity index is 1.62. The molecule has 0 aromatic heterocycles. The molecule has 0 bridgehead atoms. The van der Waals surface area contributed by atoms with E-state index in [0.29, 0.717) is 13.1 Å². The molecule has 0 aliphatic carbocycles. The maximum absolute atomic E-state index is 12.5. The molecule has 1 unspecified atom stereocenters. The minimum Gasteiger partial charge on any atom is -0.357 e. The smallest absolute Gasteiger partial charge is 0.357 e. The van der Waals surface area contributed by atoms with Crippen LogP contribution in [-0.2, 0) is 0 Å². The first-order valence-electron chi connectivity index (χ1n) is 10.5.